The summed E-state index contributed by atoms with van der Waals surface area (Å²) in [5.74, 6) is 2.37. The van der Waals surface area contributed by atoms with Gasteiger partial charge in [-0.15, -0.1) is 0 Å². The number of ether oxygens (including phenoxy) is 2. The van der Waals surface area contributed by atoms with Gasteiger partial charge < -0.3 is 19.8 Å². The van der Waals surface area contributed by atoms with Crippen LogP contribution in [0.15, 0.2) is 35.9 Å². The number of fused-ring (bicyclic) bond motifs is 1. The Bertz CT molecular complexity index is 971. The van der Waals surface area contributed by atoms with Gasteiger partial charge in [0.25, 0.3) is 0 Å². The maximum absolute atomic E-state index is 14.1. The normalized spacial score (nSPS) is 24.5. The first kappa shape index (κ1) is 18.6. The molecule has 2 aromatic rings. The average molecular weight is 398 g/mol. The third-order valence-corrected chi connectivity index (χ3v) is 5.68. The first-order valence-electron chi connectivity index (χ1n) is 10.4. The van der Waals surface area contributed by atoms with E-state index < -0.39 is 5.67 Å². The number of nitrogens with zero attached hydrogens (tertiary/aromatic N) is 2. The highest BCUT2D eigenvalue weighted by atomic mass is 19.1. The molecule has 2 aromatic heterocycles. The van der Waals surface area contributed by atoms with Crippen LogP contribution in [0.2, 0.25) is 0 Å². The monoisotopic (exact) mass is 398 g/mol. The van der Waals surface area contributed by atoms with Crippen LogP contribution >= 0.6 is 0 Å². The molecule has 154 valence electrons. The van der Waals surface area contributed by atoms with E-state index in [4.69, 9.17) is 9.47 Å². The Balaban J connectivity index is 1.47. The number of allylic oxidation sites excluding steroid dienone is 2. The number of halogens is 1. The molecule has 3 aliphatic rings. The van der Waals surface area contributed by atoms with E-state index in [0.717, 1.165) is 41.0 Å². The summed E-state index contributed by atoms with van der Waals surface area (Å²) in [7, 11) is 0. The molecule has 0 aromatic carbocycles. The Kier molecular flexibility index (Phi) is 4.57. The van der Waals surface area contributed by atoms with E-state index in [1.54, 1.807) is 6.33 Å². The number of rotatable bonds is 6. The van der Waals surface area contributed by atoms with Crippen LogP contribution in [0, 0.1) is 0 Å². The number of alkyl halides is 1. The van der Waals surface area contributed by atoms with Crippen molar-refractivity contribution in [2.75, 3.05) is 18.5 Å². The molecule has 2 atom stereocenters. The number of hydrogen-bond donors (Lipinski definition) is 2. The van der Waals surface area contributed by atoms with Crippen molar-refractivity contribution in [2.45, 2.75) is 63.3 Å². The molecule has 2 aliphatic carbocycles. The van der Waals surface area contributed by atoms with Crippen molar-refractivity contribution in [3.05, 3.63) is 41.6 Å². The van der Waals surface area contributed by atoms with Gasteiger partial charge >= 0.3 is 0 Å². The zero-order valence-corrected chi connectivity index (χ0v) is 16.9. The molecule has 5 rings (SSSR count). The fourth-order valence-electron chi connectivity index (χ4n) is 4.03. The van der Waals surface area contributed by atoms with E-state index >= 15 is 0 Å². The largest absolute Gasteiger partial charge is 0.495 e. The highest BCUT2D eigenvalue weighted by Crippen LogP contribution is 2.41. The second kappa shape index (κ2) is 7.13. The van der Waals surface area contributed by atoms with Crippen molar-refractivity contribution in [1.82, 2.24) is 15.0 Å². The van der Waals surface area contributed by atoms with Crippen LogP contribution in [0.25, 0.3) is 11.0 Å². The van der Waals surface area contributed by atoms with Crippen molar-refractivity contribution >= 4 is 16.9 Å². The van der Waals surface area contributed by atoms with Crippen molar-refractivity contribution in [1.29, 1.82) is 0 Å². The van der Waals surface area contributed by atoms with Gasteiger partial charge in [0, 0.05) is 17.7 Å². The van der Waals surface area contributed by atoms with Crippen molar-refractivity contribution < 1.29 is 13.9 Å². The van der Waals surface area contributed by atoms with E-state index in [1.807, 2.05) is 0 Å². The lowest BCUT2D eigenvalue weighted by Gasteiger charge is -2.37. The lowest BCUT2D eigenvalue weighted by atomic mass is 9.92. The van der Waals surface area contributed by atoms with Crippen molar-refractivity contribution in [3.63, 3.8) is 0 Å². The summed E-state index contributed by atoms with van der Waals surface area (Å²) in [6, 6.07) is 2.00. The van der Waals surface area contributed by atoms with E-state index in [2.05, 4.69) is 38.5 Å². The molecule has 6 nitrogen and oxygen atoms in total. The minimum absolute atomic E-state index is 0.0146. The van der Waals surface area contributed by atoms with Crippen LogP contribution in [0.3, 0.4) is 0 Å². The fraction of sp³-hybridized carbons (Fsp3) is 0.545. The zero-order valence-electron chi connectivity index (χ0n) is 16.9. The SMILES string of the molecule is CC(C)(F)COC1COC2=C(C=CCC2)C1Nc1ncnc2[nH]c(C3CC3)cc12. The number of nitrogens with one attached hydrogen (secondary N) is 2. The summed E-state index contributed by atoms with van der Waals surface area (Å²) >= 11 is 0. The molecule has 1 saturated carbocycles. The topological polar surface area (TPSA) is 72.1 Å². The van der Waals surface area contributed by atoms with Gasteiger partial charge in [-0.1, -0.05) is 12.2 Å². The zero-order chi connectivity index (χ0) is 20.0. The van der Waals surface area contributed by atoms with Crippen LogP contribution in [0.4, 0.5) is 10.2 Å². The predicted octanol–water partition coefficient (Wildman–Crippen LogP) is 4.38. The van der Waals surface area contributed by atoms with Gasteiger partial charge in [0.1, 0.15) is 41.9 Å². The molecule has 2 unspecified atom stereocenters. The third-order valence-electron chi connectivity index (χ3n) is 5.68. The molecule has 0 bridgehead atoms. The molecular weight excluding hydrogens is 371 g/mol. The van der Waals surface area contributed by atoms with E-state index in [0.29, 0.717) is 12.5 Å². The lowest BCUT2D eigenvalue weighted by Crippen LogP contribution is -2.46. The number of anilines is 1. The molecule has 7 heteroatoms. The summed E-state index contributed by atoms with van der Waals surface area (Å²) in [5.41, 5.74) is 1.73. The second-order valence-electron chi connectivity index (χ2n) is 8.80. The van der Waals surface area contributed by atoms with E-state index in [1.165, 1.54) is 32.4 Å². The van der Waals surface area contributed by atoms with Crippen molar-refractivity contribution in [2.24, 2.45) is 0 Å². The third kappa shape index (κ3) is 3.88. The Morgan fingerprint density at radius 2 is 2.21 bits per heavy atom. The van der Waals surface area contributed by atoms with Crippen molar-refractivity contribution in [3.8, 4) is 0 Å². The average Bonchev–Trinajstić information content (AvgIpc) is 3.45. The smallest absolute Gasteiger partial charge is 0.143 e. The van der Waals surface area contributed by atoms with Gasteiger partial charge in [-0.2, -0.15) is 0 Å². The van der Waals surface area contributed by atoms with Crippen LogP contribution in [0.1, 0.15) is 51.1 Å². The predicted molar refractivity (Wildman–Crippen MR) is 110 cm³/mol. The number of hydrogen-bond acceptors (Lipinski definition) is 5. The van der Waals surface area contributed by atoms with E-state index in [9.17, 15) is 4.39 Å². The van der Waals surface area contributed by atoms with E-state index in [-0.39, 0.29) is 18.8 Å². The van der Waals surface area contributed by atoms with Crippen LogP contribution < -0.4 is 5.32 Å². The molecule has 0 saturated heterocycles. The van der Waals surface area contributed by atoms with Gasteiger partial charge in [0.05, 0.1) is 18.0 Å². The summed E-state index contributed by atoms with van der Waals surface area (Å²) in [6.07, 6.45) is 9.79. The first-order chi connectivity index (χ1) is 14.0. The second-order valence-corrected chi connectivity index (χ2v) is 8.80. The molecule has 2 N–H and O–H groups in total. The minimum atomic E-state index is -1.40. The molecule has 0 spiro atoms. The van der Waals surface area contributed by atoms with Crippen LogP contribution in [-0.4, -0.2) is 46.0 Å². The van der Waals surface area contributed by atoms with Gasteiger partial charge in [-0.25, -0.2) is 14.4 Å². The van der Waals surface area contributed by atoms with Crippen LogP contribution in [-0.2, 0) is 9.47 Å². The summed E-state index contributed by atoms with van der Waals surface area (Å²) in [4.78, 5) is 12.3. The van der Waals surface area contributed by atoms with Crippen LogP contribution in [0.5, 0.6) is 0 Å². The van der Waals surface area contributed by atoms with Gasteiger partial charge in [0.2, 0.25) is 0 Å². The summed E-state index contributed by atoms with van der Waals surface area (Å²) in [6.45, 7) is 3.46. The molecule has 1 aliphatic heterocycles. The highest BCUT2D eigenvalue weighted by molar-refractivity contribution is 5.88. The van der Waals surface area contributed by atoms with Gasteiger partial charge in [-0.3, -0.25) is 0 Å². The molecule has 3 heterocycles. The standard InChI is InChI=1S/C22H27FN4O2/c1-22(2,23)11-29-18-10-28-17-6-4-3-5-14(17)19(18)27-21-15-9-16(13-7-8-13)26-20(15)24-12-25-21/h3,5,9,12-13,18-19H,4,6-8,10-11H2,1-2H3,(H2,24,25,26,27). The Labute approximate surface area is 169 Å². The van der Waals surface area contributed by atoms with Gasteiger partial charge in [-0.05, 0) is 45.1 Å². The number of aromatic amines is 1. The number of aromatic nitrogens is 3. The fourth-order valence-corrected chi connectivity index (χ4v) is 4.03. The minimum Gasteiger partial charge on any atom is -0.495 e. The highest BCUT2D eigenvalue weighted by Gasteiger charge is 2.35. The molecule has 0 radical (unpaired) electrons. The first-order valence-corrected chi connectivity index (χ1v) is 10.4. The van der Waals surface area contributed by atoms with Gasteiger partial charge in [0.15, 0.2) is 0 Å². The quantitative estimate of drug-likeness (QED) is 0.755. The molecule has 1 fully saturated rings. The molecular formula is C22H27FN4O2. The molecule has 29 heavy (non-hydrogen) atoms. The number of H-pyrrole nitrogens is 1. The summed E-state index contributed by atoms with van der Waals surface area (Å²) in [5, 5.41) is 4.55. The molecule has 0 amide bonds. The Morgan fingerprint density at radius 1 is 1.34 bits per heavy atom. The maximum atomic E-state index is 14.1. The Morgan fingerprint density at radius 3 is 3.00 bits per heavy atom. The Hall–Kier alpha value is -2.41. The maximum Gasteiger partial charge on any atom is 0.143 e. The lowest BCUT2D eigenvalue weighted by molar-refractivity contribution is -0.0538. The summed E-state index contributed by atoms with van der Waals surface area (Å²) < 4.78 is 26.0.